The first-order chi connectivity index (χ1) is 14.6. The minimum atomic E-state index is -0.146. The van der Waals surface area contributed by atoms with Crippen molar-refractivity contribution >= 4 is 0 Å². The number of hydrogen-bond donors (Lipinski definition) is 2. The Balaban J connectivity index is 3.69. The van der Waals surface area contributed by atoms with E-state index in [1.165, 1.54) is 0 Å². The Labute approximate surface area is 199 Å². The SMILES string of the molecule is CC(C)(C)OCCOC(C)(C)CCNC/C=C/CNCCC(C)(C)OCCOC(C)(C)C. The highest BCUT2D eigenvalue weighted by Crippen LogP contribution is 2.15. The van der Waals surface area contributed by atoms with Crippen LogP contribution in [0.15, 0.2) is 12.2 Å². The zero-order valence-corrected chi connectivity index (χ0v) is 22.9. The van der Waals surface area contributed by atoms with Gasteiger partial charge in [-0.1, -0.05) is 12.2 Å². The zero-order chi connectivity index (χ0) is 24.7. The van der Waals surface area contributed by atoms with Crippen LogP contribution in [0.1, 0.15) is 82.1 Å². The molecular weight excluding hydrogens is 404 g/mol. The average molecular weight is 459 g/mol. The molecule has 0 aliphatic carbocycles. The van der Waals surface area contributed by atoms with Gasteiger partial charge in [-0.15, -0.1) is 0 Å². The normalized spacial score (nSPS) is 13.9. The maximum Gasteiger partial charge on any atom is 0.0708 e. The lowest BCUT2D eigenvalue weighted by Crippen LogP contribution is -2.32. The summed E-state index contributed by atoms with van der Waals surface area (Å²) in [6.07, 6.45) is 6.27. The number of nitrogens with one attached hydrogen (secondary N) is 2. The quantitative estimate of drug-likeness (QED) is 0.229. The van der Waals surface area contributed by atoms with Gasteiger partial charge in [0.25, 0.3) is 0 Å². The minimum Gasteiger partial charge on any atom is -0.373 e. The van der Waals surface area contributed by atoms with Gasteiger partial charge in [0.05, 0.1) is 48.8 Å². The second-order valence-electron chi connectivity index (χ2n) is 11.5. The topological polar surface area (TPSA) is 61.0 Å². The predicted molar refractivity (Wildman–Crippen MR) is 136 cm³/mol. The Bertz CT molecular complexity index is 447. The van der Waals surface area contributed by atoms with E-state index in [1.807, 2.05) is 0 Å². The van der Waals surface area contributed by atoms with Crippen molar-refractivity contribution in [2.75, 3.05) is 52.6 Å². The second-order valence-corrected chi connectivity index (χ2v) is 11.5. The Morgan fingerprint density at radius 3 is 1.12 bits per heavy atom. The molecule has 0 atom stereocenters. The van der Waals surface area contributed by atoms with E-state index in [1.54, 1.807) is 0 Å². The first-order valence-electron chi connectivity index (χ1n) is 12.2. The van der Waals surface area contributed by atoms with Crippen LogP contribution in [0.3, 0.4) is 0 Å². The lowest BCUT2D eigenvalue weighted by atomic mass is 10.1. The Hall–Kier alpha value is -0.500. The predicted octanol–water partition coefficient (Wildman–Crippen LogP) is 4.72. The Morgan fingerprint density at radius 2 is 0.812 bits per heavy atom. The molecule has 0 aromatic heterocycles. The summed E-state index contributed by atoms with van der Waals surface area (Å²) in [5.74, 6) is 0. The lowest BCUT2D eigenvalue weighted by Gasteiger charge is -2.27. The van der Waals surface area contributed by atoms with Crippen molar-refractivity contribution in [1.82, 2.24) is 10.6 Å². The average Bonchev–Trinajstić information content (AvgIpc) is 2.62. The van der Waals surface area contributed by atoms with Crippen molar-refractivity contribution in [2.45, 2.75) is 104 Å². The molecule has 0 saturated heterocycles. The molecule has 0 unspecified atom stereocenters. The van der Waals surface area contributed by atoms with Gasteiger partial charge in [-0.05, 0) is 95.2 Å². The molecule has 0 rings (SSSR count). The van der Waals surface area contributed by atoms with Gasteiger partial charge in [-0.25, -0.2) is 0 Å². The molecule has 0 heterocycles. The molecule has 32 heavy (non-hydrogen) atoms. The molecule has 0 aromatic rings. The van der Waals surface area contributed by atoms with E-state index in [0.29, 0.717) is 26.4 Å². The lowest BCUT2D eigenvalue weighted by molar-refractivity contribution is -0.0805. The molecule has 0 spiro atoms. The third-order valence-corrected chi connectivity index (χ3v) is 4.72. The molecule has 0 aliphatic heterocycles. The molecule has 0 fully saturated rings. The number of hydrogen-bond acceptors (Lipinski definition) is 6. The summed E-state index contributed by atoms with van der Waals surface area (Å²) in [6, 6.07) is 0. The van der Waals surface area contributed by atoms with Gasteiger partial charge in [0.1, 0.15) is 0 Å². The molecule has 0 aliphatic rings. The van der Waals surface area contributed by atoms with E-state index in [-0.39, 0.29) is 22.4 Å². The van der Waals surface area contributed by atoms with E-state index >= 15 is 0 Å². The Morgan fingerprint density at radius 1 is 0.500 bits per heavy atom. The van der Waals surface area contributed by atoms with Crippen LogP contribution >= 0.6 is 0 Å². The molecular formula is C26H54N2O4. The van der Waals surface area contributed by atoms with E-state index < -0.39 is 0 Å². The van der Waals surface area contributed by atoms with Crippen LogP contribution < -0.4 is 10.6 Å². The Kier molecular flexibility index (Phi) is 15.2. The van der Waals surface area contributed by atoms with Gasteiger partial charge < -0.3 is 29.6 Å². The smallest absolute Gasteiger partial charge is 0.0708 e. The highest BCUT2D eigenvalue weighted by molar-refractivity contribution is 4.86. The number of rotatable bonds is 18. The van der Waals surface area contributed by atoms with Gasteiger partial charge in [-0.3, -0.25) is 0 Å². The fourth-order valence-electron chi connectivity index (χ4n) is 2.79. The number of ether oxygens (including phenoxy) is 4. The summed E-state index contributed by atoms with van der Waals surface area (Å²) in [5, 5.41) is 6.91. The van der Waals surface area contributed by atoms with Gasteiger partial charge in [0.15, 0.2) is 0 Å². The third-order valence-electron chi connectivity index (χ3n) is 4.72. The maximum absolute atomic E-state index is 5.96. The molecule has 0 radical (unpaired) electrons. The molecule has 0 amide bonds. The van der Waals surface area contributed by atoms with E-state index in [9.17, 15) is 0 Å². The summed E-state index contributed by atoms with van der Waals surface area (Å²) >= 11 is 0. The fourth-order valence-corrected chi connectivity index (χ4v) is 2.79. The van der Waals surface area contributed by atoms with Crippen LogP contribution in [0.2, 0.25) is 0 Å². The maximum atomic E-state index is 5.96. The van der Waals surface area contributed by atoms with Crippen molar-refractivity contribution in [2.24, 2.45) is 0 Å². The van der Waals surface area contributed by atoms with E-state index in [0.717, 1.165) is 39.0 Å². The molecule has 6 nitrogen and oxygen atoms in total. The van der Waals surface area contributed by atoms with Crippen molar-refractivity contribution in [3.05, 3.63) is 12.2 Å². The van der Waals surface area contributed by atoms with Crippen LogP contribution in [-0.2, 0) is 18.9 Å². The van der Waals surface area contributed by atoms with Crippen LogP contribution in [-0.4, -0.2) is 75.0 Å². The summed E-state index contributed by atoms with van der Waals surface area (Å²) in [7, 11) is 0. The monoisotopic (exact) mass is 458 g/mol. The molecule has 0 saturated carbocycles. The second kappa shape index (κ2) is 15.4. The minimum absolute atomic E-state index is 0.110. The first-order valence-corrected chi connectivity index (χ1v) is 12.2. The first kappa shape index (κ1) is 31.5. The van der Waals surface area contributed by atoms with Gasteiger partial charge in [0, 0.05) is 13.1 Å². The molecule has 2 N–H and O–H groups in total. The van der Waals surface area contributed by atoms with Crippen LogP contribution in [0.4, 0.5) is 0 Å². The third kappa shape index (κ3) is 22.7. The van der Waals surface area contributed by atoms with Crippen LogP contribution in [0, 0.1) is 0 Å². The van der Waals surface area contributed by atoms with Gasteiger partial charge >= 0.3 is 0 Å². The molecule has 192 valence electrons. The van der Waals surface area contributed by atoms with E-state index in [2.05, 4.69) is 92.0 Å². The summed E-state index contributed by atoms with van der Waals surface area (Å²) in [4.78, 5) is 0. The van der Waals surface area contributed by atoms with Crippen LogP contribution in [0.5, 0.6) is 0 Å². The summed E-state index contributed by atoms with van der Waals surface area (Å²) in [6.45, 7) is 27.0. The van der Waals surface area contributed by atoms with Crippen molar-refractivity contribution in [3.63, 3.8) is 0 Å². The molecule has 0 aromatic carbocycles. The van der Waals surface area contributed by atoms with Crippen molar-refractivity contribution in [1.29, 1.82) is 0 Å². The summed E-state index contributed by atoms with van der Waals surface area (Å²) in [5.41, 5.74) is -0.510. The highest BCUT2D eigenvalue weighted by atomic mass is 16.5. The van der Waals surface area contributed by atoms with E-state index in [4.69, 9.17) is 18.9 Å². The summed E-state index contributed by atoms with van der Waals surface area (Å²) < 4.78 is 23.3. The molecule has 6 heteroatoms. The largest absolute Gasteiger partial charge is 0.373 e. The van der Waals surface area contributed by atoms with Crippen LogP contribution in [0.25, 0.3) is 0 Å². The highest BCUT2D eigenvalue weighted by Gasteiger charge is 2.19. The van der Waals surface area contributed by atoms with Gasteiger partial charge in [-0.2, -0.15) is 0 Å². The fraction of sp³-hybridized carbons (Fsp3) is 0.923. The van der Waals surface area contributed by atoms with Gasteiger partial charge in [0.2, 0.25) is 0 Å². The van der Waals surface area contributed by atoms with Crippen molar-refractivity contribution in [3.8, 4) is 0 Å². The standard InChI is InChI=1S/C26H54N2O4/c1-23(2,3)29-19-21-31-25(7,8)13-17-27-15-11-12-16-28-18-14-26(9,10)32-22-20-30-24(4,5)6/h11-12,27-28H,13-22H2,1-10H3/b12-11+. The van der Waals surface area contributed by atoms with Crippen molar-refractivity contribution < 1.29 is 18.9 Å². The molecule has 0 bridgehead atoms. The zero-order valence-electron chi connectivity index (χ0n) is 22.9.